The number of amides is 2. The van der Waals surface area contributed by atoms with E-state index >= 15 is 0 Å². The number of benzene rings is 2. The van der Waals surface area contributed by atoms with Gasteiger partial charge in [-0.05, 0) is 43.0 Å². The smallest absolute Gasteiger partial charge is 0.317 e. The van der Waals surface area contributed by atoms with Gasteiger partial charge in [0.2, 0.25) is 0 Å². The van der Waals surface area contributed by atoms with Gasteiger partial charge >= 0.3 is 6.03 Å². The van der Waals surface area contributed by atoms with Crippen LogP contribution in [0.4, 0.5) is 4.79 Å². The molecule has 1 aliphatic heterocycles. The number of nitrogens with zero attached hydrogens (tertiary/aromatic N) is 2. The minimum atomic E-state index is -0.00841. The predicted octanol–water partition coefficient (Wildman–Crippen LogP) is 3.97. The second-order valence-electron chi connectivity index (χ2n) is 7.07. The number of nitrogens with one attached hydrogen (secondary N) is 1. The first-order valence-electron chi connectivity index (χ1n) is 9.74. The van der Waals surface area contributed by atoms with Crippen molar-refractivity contribution in [1.82, 2.24) is 15.2 Å². The fourth-order valence-electron chi connectivity index (χ4n) is 3.72. The van der Waals surface area contributed by atoms with Gasteiger partial charge in [-0.2, -0.15) is 0 Å². The lowest BCUT2D eigenvalue weighted by Crippen LogP contribution is -2.44. The van der Waals surface area contributed by atoms with Gasteiger partial charge in [0.15, 0.2) is 11.5 Å². The van der Waals surface area contributed by atoms with Crippen LogP contribution in [0, 0.1) is 0 Å². The number of carbonyl (C=O) groups excluding carboxylic acids is 1. The molecule has 146 valence electrons. The second kappa shape index (κ2) is 8.33. The lowest BCUT2D eigenvalue weighted by atomic mass is 9.97. The third kappa shape index (κ3) is 3.96. The lowest BCUT2D eigenvalue weighted by Gasteiger charge is -2.30. The minimum Gasteiger partial charge on any atom is -0.496 e. The summed E-state index contributed by atoms with van der Waals surface area (Å²) in [5.74, 6) is 1.92. The number of para-hydroxylation sites is 3. The summed E-state index contributed by atoms with van der Waals surface area (Å²) < 4.78 is 11.3. The highest BCUT2D eigenvalue weighted by atomic mass is 16.5. The fourth-order valence-corrected chi connectivity index (χ4v) is 3.72. The van der Waals surface area contributed by atoms with E-state index in [-0.39, 0.29) is 11.9 Å². The van der Waals surface area contributed by atoms with E-state index in [0.29, 0.717) is 19.6 Å². The Morgan fingerprint density at radius 1 is 1.18 bits per heavy atom. The SMILES string of the molecule is COc1ccccc1CCNC(=O)N1CCC(c2nc3ccccc3o2)CC1. The zero-order valence-corrected chi connectivity index (χ0v) is 16.1. The first kappa shape index (κ1) is 18.3. The summed E-state index contributed by atoms with van der Waals surface area (Å²) >= 11 is 0. The highest BCUT2D eigenvalue weighted by Crippen LogP contribution is 2.29. The average Bonchev–Trinajstić information content (AvgIpc) is 3.18. The van der Waals surface area contributed by atoms with Crippen molar-refractivity contribution in [1.29, 1.82) is 0 Å². The molecule has 0 radical (unpaired) electrons. The summed E-state index contributed by atoms with van der Waals surface area (Å²) in [7, 11) is 1.67. The molecule has 0 spiro atoms. The number of hydrogen-bond donors (Lipinski definition) is 1. The topological polar surface area (TPSA) is 67.6 Å². The van der Waals surface area contributed by atoms with Crippen molar-refractivity contribution < 1.29 is 13.9 Å². The molecular formula is C22H25N3O3. The number of urea groups is 1. The van der Waals surface area contributed by atoms with Crippen molar-refractivity contribution in [3.05, 3.63) is 60.0 Å². The molecule has 0 bridgehead atoms. The molecule has 0 atom stereocenters. The molecule has 1 aromatic heterocycles. The van der Waals surface area contributed by atoms with Crippen LogP contribution in [0.2, 0.25) is 0 Å². The average molecular weight is 379 g/mol. The normalized spacial score (nSPS) is 15.0. The Hall–Kier alpha value is -3.02. The number of fused-ring (bicyclic) bond motifs is 1. The van der Waals surface area contributed by atoms with Crippen molar-refractivity contribution in [2.24, 2.45) is 0 Å². The predicted molar refractivity (Wildman–Crippen MR) is 108 cm³/mol. The summed E-state index contributed by atoms with van der Waals surface area (Å²) in [6.45, 7) is 2.01. The number of methoxy groups -OCH3 is 1. The molecule has 0 saturated carbocycles. The maximum atomic E-state index is 12.5. The largest absolute Gasteiger partial charge is 0.496 e. The number of piperidine rings is 1. The van der Waals surface area contributed by atoms with Crippen LogP contribution in [0.1, 0.15) is 30.2 Å². The van der Waals surface area contributed by atoms with Gasteiger partial charge in [0.1, 0.15) is 11.3 Å². The molecule has 2 amide bonds. The lowest BCUT2D eigenvalue weighted by molar-refractivity contribution is 0.177. The van der Waals surface area contributed by atoms with Gasteiger partial charge in [0, 0.05) is 25.6 Å². The molecule has 2 aromatic carbocycles. The molecule has 1 fully saturated rings. The van der Waals surface area contributed by atoms with Gasteiger partial charge in [0.25, 0.3) is 0 Å². The summed E-state index contributed by atoms with van der Waals surface area (Å²) in [4.78, 5) is 19.0. The minimum absolute atomic E-state index is 0.00841. The van der Waals surface area contributed by atoms with E-state index in [0.717, 1.165) is 47.6 Å². The number of rotatable bonds is 5. The first-order chi connectivity index (χ1) is 13.7. The Morgan fingerprint density at radius 2 is 1.93 bits per heavy atom. The maximum Gasteiger partial charge on any atom is 0.317 e. The van der Waals surface area contributed by atoms with Crippen LogP contribution in [-0.4, -0.2) is 42.7 Å². The van der Waals surface area contributed by atoms with Crippen molar-refractivity contribution in [3.63, 3.8) is 0 Å². The van der Waals surface area contributed by atoms with Gasteiger partial charge in [-0.1, -0.05) is 30.3 Å². The van der Waals surface area contributed by atoms with Crippen molar-refractivity contribution >= 4 is 17.1 Å². The number of likely N-dealkylation sites (tertiary alicyclic amines) is 1. The quantitative estimate of drug-likeness (QED) is 0.728. The molecule has 4 rings (SSSR count). The molecule has 1 aliphatic rings. The van der Waals surface area contributed by atoms with E-state index in [1.165, 1.54) is 0 Å². The molecule has 28 heavy (non-hydrogen) atoms. The Labute approximate surface area is 164 Å². The van der Waals surface area contributed by atoms with Gasteiger partial charge < -0.3 is 19.4 Å². The van der Waals surface area contributed by atoms with Gasteiger partial charge in [-0.25, -0.2) is 9.78 Å². The fraction of sp³-hybridized carbons (Fsp3) is 0.364. The van der Waals surface area contributed by atoms with E-state index in [1.807, 2.05) is 53.4 Å². The number of aromatic nitrogens is 1. The van der Waals surface area contributed by atoms with Crippen LogP contribution in [0.25, 0.3) is 11.1 Å². The molecule has 1 saturated heterocycles. The molecule has 0 unspecified atom stereocenters. The van der Waals surface area contributed by atoms with Crippen molar-refractivity contribution in [3.8, 4) is 5.75 Å². The van der Waals surface area contributed by atoms with Crippen LogP contribution >= 0.6 is 0 Å². The second-order valence-corrected chi connectivity index (χ2v) is 7.07. The molecule has 2 heterocycles. The molecule has 3 aromatic rings. The third-order valence-electron chi connectivity index (χ3n) is 5.30. The zero-order valence-electron chi connectivity index (χ0n) is 16.1. The van der Waals surface area contributed by atoms with E-state index in [2.05, 4.69) is 10.3 Å². The number of ether oxygens (including phenoxy) is 1. The zero-order chi connectivity index (χ0) is 19.3. The van der Waals surface area contributed by atoms with Crippen LogP contribution in [0.5, 0.6) is 5.75 Å². The summed E-state index contributed by atoms with van der Waals surface area (Å²) in [5.41, 5.74) is 2.82. The Kier molecular flexibility index (Phi) is 5.46. The number of carbonyl (C=O) groups is 1. The summed E-state index contributed by atoms with van der Waals surface area (Å²) in [5, 5.41) is 3.02. The first-order valence-corrected chi connectivity index (χ1v) is 9.74. The van der Waals surface area contributed by atoms with Crippen LogP contribution in [0.3, 0.4) is 0 Å². The van der Waals surface area contributed by atoms with Crippen molar-refractivity contribution in [2.75, 3.05) is 26.7 Å². The van der Waals surface area contributed by atoms with Gasteiger partial charge in [-0.3, -0.25) is 0 Å². The standard InChI is InChI=1S/C22H25N3O3/c1-27-19-8-4-2-6-16(19)10-13-23-22(26)25-14-11-17(12-15-25)21-24-18-7-3-5-9-20(18)28-21/h2-9,17H,10-15H2,1H3,(H,23,26). The van der Waals surface area contributed by atoms with Crippen molar-refractivity contribution in [2.45, 2.75) is 25.2 Å². The van der Waals surface area contributed by atoms with E-state index in [1.54, 1.807) is 7.11 Å². The highest BCUT2D eigenvalue weighted by molar-refractivity contribution is 5.74. The summed E-state index contributed by atoms with van der Waals surface area (Å²) in [6.07, 6.45) is 2.48. The molecule has 1 N–H and O–H groups in total. The van der Waals surface area contributed by atoms with E-state index in [4.69, 9.17) is 9.15 Å². The third-order valence-corrected chi connectivity index (χ3v) is 5.30. The molecular weight excluding hydrogens is 354 g/mol. The monoisotopic (exact) mass is 379 g/mol. The molecule has 0 aliphatic carbocycles. The number of hydrogen-bond acceptors (Lipinski definition) is 4. The number of oxazole rings is 1. The van der Waals surface area contributed by atoms with Gasteiger partial charge in [-0.15, -0.1) is 0 Å². The highest BCUT2D eigenvalue weighted by Gasteiger charge is 2.26. The Balaban J connectivity index is 1.27. The van der Waals surface area contributed by atoms with E-state index in [9.17, 15) is 4.79 Å². The Morgan fingerprint density at radius 3 is 2.71 bits per heavy atom. The van der Waals surface area contributed by atoms with Crippen LogP contribution < -0.4 is 10.1 Å². The molecule has 6 heteroatoms. The van der Waals surface area contributed by atoms with Crippen LogP contribution in [-0.2, 0) is 6.42 Å². The van der Waals surface area contributed by atoms with Crippen LogP contribution in [0.15, 0.2) is 52.9 Å². The van der Waals surface area contributed by atoms with E-state index < -0.39 is 0 Å². The van der Waals surface area contributed by atoms with Gasteiger partial charge in [0.05, 0.1) is 7.11 Å². The Bertz CT molecular complexity index is 912. The molecule has 6 nitrogen and oxygen atoms in total. The maximum absolute atomic E-state index is 12.5. The summed E-state index contributed by atoms with van der Waals surface area (Å²) in [6, 6.07) is 15.7.